The van der Waals surface area contributed by atoms with Crippen molar-refractivity contribution < 1.29 is 64.5 Å². The van der Waals surface area contributed by atoms with E-state index in [4.69, 9.17) is 23.7 Å². The zero-order valence-electron chi connectivity index (χ0n) is 31.4. The van der Waals surface area contributed by atoms with Crippen molar-refractivity contribution >= 4 is 0 Å². The smallest absolute Gasteiger partial charge is 0.187 e. The van der Waals surface area contributed by atoms with Crippen LogP contribution in [0.1, 0.15) is 92.4 Å². The monoisotopic (exact) mass is 740 g/mol. The van der Waals surface area contributed by atoms with Crippen molar-refractivity contribution in [2.45, 2.75) is 172 Å². The van der Waals surface area contributed by atoms with Crippen LogP contribution in [-0.2, 0) is 23.7 Å². The van der Waals surface area contributed by atoms with Gasteiger partial charge in [0, 0.05) is 18.9 Å². The predicted octanol–water partition coefficient (Wildman–Crippen LogP) is 1.34. The normalized spacial score (nSPS) is 55.2. The van der Waals surface area contributed by atoms with E-state index in [1.165, 1.54) is 12.5 Å². The zero-order valence-corrected chi connectivity index (χ0v) is 31.4. The highest BCUT2D eigenvalue weighted by Crippen LogP contribution is 2.70. The molecule has 3 saturated carbocycles. The zero-order chi connectivity index (χ0) is 37.5. The summed E-state index contributed by atoms with van der Waals surface area (Å²) in [6.45, 7) is 10.1. The number of hydrogen-bond acceptors (Lipinski definition) is 13. The molecule has 0 aromatic rings. The fourth-order valence-electron chi connectivity index (χ4n) is 12.0. The highest BCUT2D eigenvalue weighted by atomic mass is 16.8. The molecule has 21 atom stereocenters. The third-order valence-electron chi connectivity index (χ3n) is 15.3. The largest absolute Gasteiger partial charge is 0.396 e. The van der Waals surface area contributed by atoms with Crippen LogP contribution in [0.4, 0.5) is 0 Å². The first kappa shape index (κ1) is 39.5. The lowest BCUT2D eigenvalue weighted by molar-refractivity contribution is -0.369. The van der Waals surface area contributed by atoms with Crippen LogP contribution in [0.3, 0.4) is 0 Å². The molecule has 3 aliphatic heterocycles. The van der Waals surface area contributed by atoms with Gasteiger partial charge in [-0.25, -0.2) is 0 Å². The fourth-order valence-corrected chi connectivity index (χ4v) is 12.0. The van der Waals surface area contributed by atoms with Gasteiger partial charge in [-0.15, -0.1) is 0 Å². The Balaban J connectivity index is 1.04. The SMILES string of the molecule is CC(CO)CCC1(O)OC2CC3C4CC=C5CC(OC6OC(CO)C(O)C(O)C6OC6OC(C)C(O)C(O)C6O)CCC5(C)C4CCC3(C)C2C1C. The number of allylic oxidation sites excluding steroid dienone is 1. The van der Waals surface area contributed by atoms with Crippen LogP contribution in [0.5, 0.6) is 0 Å². The van der Waals surface area contributed by atoms with Crippen LogP contribution in [-0.4, -0.2) is 133 Å². The summed E-state index contributed by atoms with van der Waals surface area (Å²) in [4.78, 5) is 0. The van der Waals surface area contributed by atoms with Gasteiger partial charge >= 0.3 is 0 Å². The van der Waals surface area contributed by atoms with Gasteiger partial charge in [0.1, 0.15) is 42.7 Å². The first-order valence-corrected chi connectivity index (χ1v) is 19.9. The topological polar surface area (TPSA) is 208 Å². The van der Waals surface area contributed by atoms with E-state index in [1.807, 2.05) is 6.92 Å². The van der Waals surface area contributed by atoms with Crippen LogP contribution in [0.2, 0.25) is 0 Å². The average molecular weight is 741 g/mol. The lowest BCUT2D eigenvalue weighted by atomic mass is 9.47. The Morgan fingerprint density at radius 3 is 2.35 bits per heavy atom. The molecular weight excluding hydrogens is 676 g/mol. The second-order valence-electron chi connectivity index (χ2n) is 18.2. The van der Waals surface area contributed by atoms with Gasteiger partial charge in [-0.05, 0) is 98.7 Å². The second kappa shape index (κ2) is 14.6. The first-order chi connectivity index (χ1) is 24.6. The number of aliphatic hydroxyl groups is 8. The Kier molecular flexibility index (Phi) is 11.1. The van der Waals surface area contributed by atoms with Gasteiger partial charge in [-0.1, -0.05) is 39.3 Å². The molecule has 7 rings (SSSR count). The second-order valence-corrected chi connectivity index (χ2v) is 18.2. The van der Waals surface area contributed by atoms with E-state index in [0.29, 0.717) is 36.5 Å². The summed E-state index contributed by atoms with van der Waals surface area (Å²) < 4.78 is 30.6. The van der Waals surface area contributed by atoms with Crippen LogP contribution in [0.25, 0.3) is 0 Å². The summed E-state index contributed by atoms with van der Waals surface area (Å²) in [6, 6.07) is 0. The first-order valence-electron chi connectivity index (χ1n) is 19.9. The van der Waals surface area contributed by atoms with Crippen molar-refractivity contribution in [3.05, 3.63) is 11.6 Å². The maximum absolute atomic E-state index is 11.7. The van der Waals surface area contributed by atoms with Crippen molar-refractivity contribution in [3.8, 4) is 0 Å². The van der Waals surface area contributed by atoms with E-state index in [9.17, 15) is 40.9 Å². The molecule has 0 spiro atoms. The summed E-state index contributed by atoms with van der Waals surface area (Å²) in [5, 5.41) is 84.0. The van der Waals surface area contributed by atoms with Crippen LogP contribution in [0, 0.1) is 46.3 Å². The summed E-state index contributed by atoms with van der Waals surface area (Å²) in [7, 11) is 0. The molecule has 0 bridgehead atoms. The Morgan fingerprint density at radius 2 is 1.63 bits per heavy atom. The Bertz CT molecular complexity index is 1300. The van der Waals surface area contributed by atoms with Gasteiger partial charge < -0.3 is 64.5 Å². The van der Waals surface area contributed by atoms with Gasteiger partial charge in [0.15, 0.2) is 18.4 Å². The van der Waals surface area contributed by atoms with Crippen molar-refractivity contribution in [2.24, 2.45) is 46.3 Å². The van der Waals surface area contributed by atoms with Gasteiger partial charge in [0.2, 0.25) is 0 Å². The Labute approximate surface area is 307 Å². The lowest BCUT2D eigenvalue weighted by Crippen LogP contribution is -2.64. The predicted molar refractivity (Wildman–Crippen MR) is 185 cm³/mol. The maximum Gasteiger partial charge on any atom is 0.187 e. The minimum absolute atomic E-state index is 0.00469. The molecule has 3 heterocycles. The molecule has 13 nitrogen and oxygen atoms in total. The summed E-state index contributed by atoms with van der Waals surface area (Å²) >= 11 is 0. The van der Waals surface area contributed by atoms with E-state index in [0.717, 1.165) is 44.9 Å². The highest BCUT2D eigenvalue weighted by Gasteiger charge is 2.68. The van der Waals surface area contributed by atoms with E-state index in [-0.39, 0.29) is 41.5 Å². The number of rotatable bonds is 9. The molecule has 298 valence electrons. The molecule has 0 aromatic heterocycles. The van der Waals surface area contributed by atoms with Crippen molar-refractivity contribution in [1.29, 1.82) is 0 Å². The molecule has 6 fully saturated rings. The molecule has 0 aromatic carbocycles. The molecule has 3 saturated heterocycles. The minimum atomic E-state index is -1.62. The highest BCUT2D eigenvalue weighted by molar-refractivity contribution is 5.26. The molecule has 8 N–H and O–H groups in total. The van der Waals surface area contributed by atoms with Crippen molar-refractivity contribution in [2.75, 3.05) is 13.2 Å². The molecule has 13 heteroatoms. The van der Waals surface area contributed by atoms with Crippen molar-refractivity contribution in [3.63, 3.8) is 0 Å². The molecule has 52 heavy (non-hydrogen) atoms. The Morgan fingerprint density at radius 1 is 0.885 bits per heavy atom. The van der Waals surface area contributed by atoms with Gasteiger partial charge in [-0.3, -0.25) is 0 Å². The third-order valence-corrected chi connectivity index (χ3v) is 15.3. The van der Waals surface area contributed by atoms with E-state index < -0.39 is 73.8 Å². The molecule has 0 radical (unpaired) electrons. The van der Waals surface area contributed by atoms with Gasteiger partial charge in [0.25, 0.3) is 0 Å². The van der Waals surface area contributed by atoms with Crippen LogP contribution in [0.15, 0.2) is 11.6 Å². The molecule has 21 unspecified atom stereocenters. The number of aliphatic hydroxyl groups excluding tert-OH is 7. The van der Waals surface area contributed by atoms with Gasteiger partial charge in [0.05, 0.1) is 24.9 Å². The van der Waals surface area contributed by atoms with Crippen LogP contribution >= 0.6 is 0 Å². The Hall–Kier alpha value is -0.780. The minimum Gasteiger partial charge on any atom is -0.396 e. The summed E-state index contributed by atoms with van der Waals surface area (Å²) in [6.07, 6.45) is -3.65. The van der Waals surface area contributed by atoms with Crippen LogP contribution < -0.4 is 0 Å². The lowest BCUT2D eigenvalue weighted by Gasteiger charge is -2.58. The molecule has 4 aliphatic carbocycles. The molecule has 7 aliphatic rings. The van der Waals surface area contributed by atoms with E-state index >= 15 is 0 Å². The quantitative estimate of drug-likeness (QED) is 0.157. The van der Waals surface area contributed by atoms with E-state index in [1.54, 1.807) is 0 Å². The summed E-state index contributed by atoms with van der Waals surface area (Å²) in [5.74, 6) is 0.853. The maximum atomic E-state index is 11.7. The van der Waals surface area contributed by atoms with E-state index in [2.05, 4.69) is 26.8 Å². The average Bonchev–Trinajstić information content (AvgIpc) is 3.56. The van der Waals surface area contributed by atoms with Gasteiger partial charge in [-0.2, -0.15) is 0 Å². The number of ether oxygens (including phenoxy) is 5. The number of fused-ring (bicyclic) bond motifs is 7. The molecular formula is C39H64O13. The standard InChI is InChI=1S/C39H64O13/c1-18(16-40)8-13-39(47)19(2)28-26(52-39)15-25-23-7-6-21-14-22(9-11-37(21,4)24(23)10-12-38(25,28)5)49-36-34(32(45)30(43)27(17-41)50-36)51-35-33(46)31(44)29(42)20(3)48-35/h6,18-20,22-36,40-47H,7-17H2,1-5H3. The number of hydrogen-bond donors (Lipinski definition) is 8. The van der Waals surface area contributed by atoms with Crippen molar-refractivity contribution in [1.82, 2.24) is 0 Å². The summed E-state index contributed by atoms with van der Waals surface area (Å²) in [5.41, 5.74) is 1.44. The molecule has 0 amide bonds. The fraction of sp³-hybridized carbons (Fsp3) is 0.949. The third kappa shape index (κ3) is 6.45.